The molecule has 1 N–H and O–H groups in total. The maximum absolute atomic E-state index is 13.0. The molecule has 0 saturated carbocycles. The summed E-state index contributed by atoms with van der Waals surface area (Å²) in [4.78, 5) is 2.21. The van der Waals surface area contributed by atoms with E-state index in [9.17, 15) is 13.2 Å². The number of benzene rings is 3. The molecule has 2 nitrogen and oxygen atoms in total. The van der Waals surface area contributed by atoms with Crippen molar-refractivity contribution in [1.82, 2.24) is 10.2 Å². The number of nitrogens with one attached hydrogen (secondary N) is 1. The van der Waals surface area contributed by atoms with Gasteiger partial charge in [0.2, 0.25) is 0 Å². The zero-order valence-corrected chi connectivity index (χ0v) is 17.5. The molecule has 0 aromatic heterocycles. The van der Waals surface area contributed by atoms with Gasteiger partial charge in [-0.2, -0.15) is 13.2 Å². The molecule has 1 fully saturated rings. The normalized spacial score (nSPS) is 16.2. The van der Waals surface area contributed by atoms with Crippen molar-refractivity contribution in [2.24, 2.45) is 0 Å². The van der Waals surface area contributed by atoms with Crippen molar-refractivity contribution in [3.8, 4) is 0 Å². The Morgan fingerprint density at radius 2 is 1.45 bits per heavy atom. The van der Waals surface area contributed by atoms with Gasteiger partial charge >= 0.3 is 6.18 Å². The number of rotatable bonds is 4. The monoisotopic (exact) mass is 444 g/mol. The second-order valence-electron chi connectivity index (χ2n) is 7.19. The third-order valence-corrected chi connectivity index (χ3v) is 5.45. The van der Waals surface area contributed by atoms with Gasteiger partial charge in [0.1, 0.15) is 0 Å². The molecule has 158 valence electrons. The van der Waals surface area contributed by atoms with E-state index < -0.39 is 12.6 Å². The first-order valence-corrected chi connectivity index (χ1v) is 9.45. The lowest BCUT2D eigenvalue weighted by atomic mass is 9.90. The first-order chi connectivity index (χ1) is 13.0. The quantitative estimate of drug-likeness (QED) is 0.487. The van der Waals surface area contributed by atoms with Crippen LogP contribution in [0.4, 0.5) is 13.2 Å². The first kappa shape index (κ1) is 23.7. The second-order valence-corrected chi connectivity index (χ2v) is 7.19. The molecule has 4 rings (SSSR count). The van der Waals surface area contributed by atoms with E-state index in [1.54, 1.807) is 0 Å². The Morgan fingerprint density at radius 1 is 0.862 bits per heavy atom. The van der Waals surface area contributed by atoms with E-state index in [1.807, 2.05) is 36.4 Å². The molecule has 1 aliphatic heterocycles. The summed E-state index contributed by atoms with van der Waals surface area (Å²) >= 11 is 0. The molecular formula is C22H25Cl2F3N2. The van der Waals surface area contributed by atoms with Crippen LogP contribution in [0.1, 0.15) is 24.4 Å². The topological polar surface area (TPSA) is 15.3 Å². The standard InChI is InChI=1S/C22H23F3N2.2ClH/c23-22(24,25)10-9-21(27-13-11-26-12-14-27)20-15-16-5-1-2-6-17(16)18-7-3-4-8-19(18)20;;/h1-8,15,21,26H,9-14H2;2*1H/t21-;;/m1../s1. The fourth-order valence-corrected chi connectivity index (χ4v) is 4.19. The SMILES string of the molecule is Cl.Cl.FC(F)(F)CC[C@H](c1cc2ccccc2c2ccccc12)N1CCNCC1. The number of alkyl halides is 3. The van der Waals surface area contributed by atoms with E-state index in [1.165, 1.54) is 0 Å². The van der Waals surface area contributed by atoms with Crippen molar-refractivity contribution in [3.05, 3.63) is 60.2 Å². The lowest BCUT2D eigenvalue weighted by Gasteiger charge is -2.36. The number of fused-ring (bicyclic) bond motifs is 3. The van der Waals surface area contributed by atoms with Gasteiger partial charge in [0, 0.05) is 38.6 Å². The van der Waals surface area contributed by atoms with E-state index in [-0.39, 0.29) is 37.3 Å². The van der Waals surface area contributed by atoms with Crippen LogP contribution in [-0.4, -0.2) is 37.3 Å². The van der Waals surface area contributed by atoms with E-state index >= 15 is 0 Å². The van der Waals surface area contributed by atoms with Crippen molar-refractivity contribution in [2.75, 3.05) is 26.2 Å². The van der Waals surface area contributed by atoms with Gasteiger partial charge < -0.3 is 5.32 Å². The van der Waals surface area contributed by atoms with E-state index in [0.29, 0.717) is 0 Å². The number of halogens is 5. The van der Waals surface area contributed by atoms with Crippen LogP contribution in [0.5, 0.6) is 0 Å². The van der Waals surface area contributed by atoms with E-state index in [0.717, 1.165) is 53.3 Å². The van der Waals surface area contributed by atoms with Crippen LogP contribution in [0.2, 0.25) is 0 Å². The third-order valence-electron chi connectivity index (χ3n) is 5.45. The molecule has 3 aromatic rings. The molecule has 0 spiro atoms. The summed E-state index contributed by atoms with van der Waals surface area (Å²) in [6, 6.07) is 18.1. The molecule has 1 atom stereocenters. The molecule has 1 aliphatic rings. The Morgan fingerprint density at radius 3 is 2.10 bits per heavy atom. The first-order valence-electron chi connectivity index (χ1n) is 9.45. The molecule has 0 amide bonds. The summed E-state index contributed by atoms with van der Waals surface area (Å²) < 4.78 is 39.1. The van der Waals surface area contributed by atoms with Crippen LogP contribution >= 0.6 is 24.8 Å². The van der Waals surface area contributed by atoms with Gasteiger partial charge in [0.05, 0.1) is 0 Å². The highest BCUT2D eigenvalue weighted by molar-refractivity contribution is 6.09. The second kappa shape index (κ2) is 9.98. The van der Waals surface area contributed by atoms with Gasteiger partial charge in [0.15, 0.2) is 0 Å². The number of nitrogens with zero attached hydrogens (tertiary/aromatic N) is 1. The minimum Gasteiger partial charge on any atom is -0.314 e. The zero-order chi connectivity index (χ0) is 18.9. The van der Waals surface area contributed by atoms with Gasteiger partial charge in [-0.3, -0.25) is 4.90 Å². The highest BCUT2D eigenvalue weighted by Gasteiger charge is 2.32. The van der Waals surface area contributed by atoms with Crippen LogP contribution < -0.4 is 5.32 Å². The largest absolute Gasteiger partial charge is 0.389 e. The summed E-state index contributed by atoms with van der Waals surface area (Å²) in [5.41, 5.74) is 1.01. The number of hydrogen-bond acceptors (Lipinski definition) is 2. The smallest absolute Gasteiger partial charge is 0.314 e. The molecule has 7 heteroatoms. The molecule has 29 heavy (non-hydrogen) atoms. The van der Waals surface area contributed by atoms with Crippen molar-refractivity contribution >= 4 is 46.4 Å². The molecule has 1 heterocycles. The highest BCUT2D eigenvalue weighted by Crippen LogP contribution is 2.38. The molecule has 1 saturated heterocycles. The van der Waals surface area contributed by atoms with E-state index in [4.69, 9.17) is 0 Å². The Bertz CT molecular complexity index is 940. The van der Waals surface area contributed by atoms with Crippen molar-refractivity contribution in [1.29, 1.82) is 0 Å². The van der Waals surface area contributed by atoms with Gasteiger partial charge in [-0.15, -0.1) is 24.8 Å². The van der Waals surface area contributed by atoms with Crippen LogP contribution in [0, 0.1) is 0 Å². The lowest BCUT2D eigenvalue weighted by Crippen LogP contribution is -2.45. The highest BCUT2D eigenvalue weighted by atomic mass is 35.5. The molecular weight excluding hydrogens is 420 g/mol. The summed E-state index contributed by atoms with van der Waals surface area (Å²) in [6.07, 6.45) is -4.81. The molecule has 0 unspecified atom stereocenters. The van der Waals surface area contributed by atoms with Crippen molar-refractivity contribution in [3.63, 3.8) is 0 Å². The third kappa shape index (κ3) is 5.34. The fourth-order valence-electron chi connectivity index (χ4n) is 4.19. The Labute approximate surface area is 181 Å². The zero-order valence-electron chi connectivity index (χ0n) is 15.9. The minimum atomic E-state index is -4.14. The van der Waals surface area contributed by atoms with Crippen molar-refractivity contribution in [2.45, 2.75) is 25.1 Å². The number of piperazine rings is 1. The molecule has 0 bridgehead atoms. The Kier molecular flexibility index (Phi) is 8.18. The molecule has 3 aromatic carbocycles. The lowest BCUT2D eigenvalue weighted by molar-refractivity contribution is -0.138. The maximum Gasteiger partial charge on any atom is 0.389 e. The summed E-state index contributed by atoms with van der Waals surface area (Å²) in [5.74, 6) is 0. The van der Waals surface area contributed by atoms with Gasteiger partial charge in [-0.05, 0) is 39.6 Å². The minimum absolute atomic E-state index is 0. The summed E-state index contributed by atoms with van der Waals surface area (Å²) in [6.45, 7) is 3.16. The van der Waals surface area contributed by atoms with Crippen LogP contribution in [0.3, 0.4) is 0 Å². The molecule has 0 aliphatic carbocycles. The number of hydrogen-bond donors (Lipinski definition) is 1. The average Bonchev–Trinajstić information content (AvgIpc) is 2.68. The van der Waals surface area contributed by atoms with Gasteiger partial charge in [0.25, 0.3) is 0 Å². The van der Waals surface area contributed by atoms with Crippen LogP contribution in [-0.2, 0) is 0 Å². The predicted molar refractivity (Wildman–Crippen MR) is 118 cm³/mol. The Balaban J connectivity index is 0.00000150. The van der Waals surface area contributed by atoms with Gasteiger partial charge in [-0.25, -0.2) is 0 Å². The van der Waals surface area contributed by atoms with Crippen molar-refractivity contribution < 1.29 is 13.2 Å². The van der Waals surface area contributed by atoms with Gasteiger partial charge in [-0.1, -0.05) is 48.5 Å². The van der Waals surface area contributed by atoms with E-state index in [2.05, 4.69) is 28.4 Å². The van der Waals surface area contributed by atoms with Crippen LogP contribution in [0.15, 0.2) is 54.6 Å². The maximum atomic E-state index is 13.0. The molecule has 0 radical (unpaired) electrons. The summed E-state index contributed by atoms with van der Waals surface area (Å²) in [5, 5.41) is 7.69. The summed E-state index contributed by atoms with van der Waals surface area (Å²) in [7, 11) is 0. The average molecular weight is 445 g/mol. The van der Waals surface area contributed by atoms with Crippen LogP contribution in [0.25, 0.3) is 21.5 Å². The predicted octanol–water partition coefficient (Wildman–Crippen LogP) is 6.13. The Hall–Kier alpha value is -1.53. The fraction of sp³-hybridized carbons (Fsp3) is 0.364.